The fourth-order valence-electron chi connectivity index (χ4n) is 1.48. The molecule has 1 unspecified atom stereocenters. The molecule has 0 aromatic carbocycles. The number of nitrogens with zero attached hydrogens (tertiary/aromatic N) is 1. The van der Waals surface area contributed by atoms with Gasteiger partial charge in [0, 0.05) is 0 Å². The largest absolute Gasteiger partial charge is 0.480 e. The third kappa shape index (κ3) is 3.14. The first-order chi connectivity index (χ1) is 7.54. The van der Waals surface area contributed by atoms with E-state index < -0.39 is 5.97 Å². The zero-order valence-corrected chi connectivity index (χ0v) is 9.43. The van der Waals surface area contributed by atoms with Crippen molar-refractivity contribution < 1.29 is 14.3 Å². The summed E-state index contributed by atoms with van der Waals surface area (Å²) in [4.78, 5) is 12.4. The van der Waals surface area contributed by atoms with Gasteiger partial charge in [0.1, 0.15) is 11.5 Å². The first kappa shape index (κ1) is 12.3. The monoisotopic (exact) mass is 221 g/mol. The molecular formula is C12H15NO3. The fraction of sp³-hybridized carbons (Fsp3) is 0.417. The average molecular weight is 221 g/mol. The van der Waals surface area contributed by atoms with Crippen LogP contribution in [0.25, 0.3) is 0 Å². The van der Waals surface area contributed by atoms with Crippen LogP contribution in [0.4, 0.5) is 0 Å². The molecule has 16 heavy (non-hydrogen) atoms. The third-order valence-corrected chi connectivity index (χ3v) is 2.35. The summed E-state index contributed by atoms with van der Waals surface area (Å²) in [6, 6.07) is 3.55. The van der Waals surface area contributed by atoms with Gasteiger partial charge in [0.2, 0.25) is 0 Å². The second-order valence-corrected chi connectivity index (χ2v) is 3.63. The van der Waals surface area contributed by atoms with E-state index >= 15 is 0 Å². The second-order valence-electron chi connectivity index (χ2n) is 3.63. The molecule has 1 aromatic rings. The lowest BCUT2D eigenvalue weighted by molar-refractivity contribution is -0.138. The Kier molecular flexibility index (Phi) is 4.15. The van der Waals surface area contributed by atoms with Crippen molar-refractivity contribution in [2.45, 2.75) is 19.9 Å². The van der Waals surface area contributed by atoms with Crippen molar-refractivity contribution in [3.05, 3.63) is 23.7 Å². The number of carbonyl (C=O) groups is 1. The topological polar surface area (TPSA) is 53.7 Å². The highest BCUT2D eigenvalue weighted by Gasteiger charge is 2.19. The highest BCUT2D eigenvalue weighted by atomic mass is 16.4. The van der Waals surface area contributed by atoms with Gasteiger partial charge in [-0.3, -0.25) is 9.69 Å². The van der Waals surface area contributed by atoms with Gasteiger partial charge in [0.15, 0.2) is 0 Å². The minimum atomic E-state index is -0.898. The van der Waals surface area contributed by atoms with E-state index in [1.165, 1.54) is 0 Å². The van der Waals surface area contributed by atoms with Crippen molar-refractivity contribution in [3.8, 4) is 12.3 Å². The van der Waals surface area contributed by atoms with Crippen LogP contribution in [0.1, 0.15) is 24.5 Å². The van der Waals surface area contributed by atoms with Crippen molar-refractivity contribution in [1.82, 2.24) is 4.90 Å². The standard InChI is InChI=1S/C12H15NO3/c1-4-7-13(8-12(14)15)10(3)11-6-5-9(2)16-11/h1,5-6,10H,7-8H2,2-3H3,(H,14,15). The lowest BCUT2D eigenvalue weighted by atomic mass is 10.2. The van der Waals surface area contributed by atoms with Crippen LogP contribution >= 0.6 is 0 Å². The number of terminal acetylenes is 1. The van der Waals surface area contributed by atoms with E-state index in [0.29, 0.717) is 0 Å². The van der Waals surface area contributed by atoms with E-state index in [9.17, 15) is 4.79 Å². The van der Waals surface area contributed by atoms with Crippen molar-refractivity contribution in [3.63, 3.8) is 0 Å². The molecule has 0 saturated carbocycles. The normalized spacial score (nSPS) is 12.4. The summed E-state index contributed by atoms with van der Waals surface area (Å²) < 4.78 is 5.45. The Bertz CT molecular complexity index is 403. The Morgan fingerprint density at radius 3 is 2.81 bits per heavy atom. The van der Waals surface area contributed by atoms with Crippen LogP contribution in [0.3, 0.4) is 0 Å². The summed E-state index contributed by atoms with van der Waals surface area (Å²) in [6.07, 6.45) is 5.21. The van der Waals surface area contributed by atoms with Gasteiger partial charge in [0.05, 0.1) is 19.1 Å². The molecule has 0 aliphatic rings. The SMILES string of the molecule is C#CCN(CC(=O)O)C(C)c1ccc(C)o1. The highest BCUT2D eigenvalue weighted by Crippen LogP contribution is 2.21. The second kappa shape index (κ2) is 5.38. The maximum atomic E-state index is 10.7. The van der Waals surface area contributed by atoms with E-state index in [1.54, 1.807) is 4.90 Å². The Labute approximate surface area is 94.9 Å². The van der Waals surface area contributed by atoms with Gasteiger partial charge >= 0.3 is 5.97 Å². The van der Waals surface area contributed by atoms with Gasteiger partial charge in [0.25, 0.3) is 0 Å². The smallest absolute Gasteiger partial charge is 0.317 e. The molecule has 1 heterocycles. The Morgan fingerprint density at radius 2 is 2.38 bits per heavy atom. The van der Waals surface area contributed by atoms with Gasteiger partial charge in [-0.15, -0.1) is 6.42 Å². The molecular weight excluding hydrogens is 206 g/mol. The molecule has 0 fully saturated rings. The van der Waals surface area contributed by atoms with Crippen LogP contribution in [-0.2, 0) is 4.79 Å². The van der Waals surface area contributed by atoms with E-state index in [-0.39, 0.29) is 19.1 Å². The lowest BCUT2D eigenvalue weighted by Crippen LogP contribution is -2.32. The molecule has 0 radical (unpaired) electrons. The minimum Gasteiger partial charge on any atom is -0.480 e. The van der Waals surface area contributed by atoms with Gasteiger partial charge in [-0.1, -0.05) is 5.92 Å². The van der Waals surface area contributed by atoms with Crippen LogP contribution in [0.2, 0.25) is 0 Å². The first-order valence-corrected chi connectivity index (χ1v) is 5.00. The van der Waals surface area contributed by atoms with Crippen molar-refractivity contribution in [2.24, 2.45) is 0 Å². The summed E-state index contributed by atoms with van der Waals surface area (Å²) >= 11 is 0. The number of aliphatic carboxylic acids is 1. The first-order valence-electron chi connectivity index (χ1n) is 5.00. The van der Waals surface area contributed by atoms with Crippen molar-refractivity contribution in [1.29, 1.82) is 0 Å². The van der Waals surface area contributed by atoms with E-state index in [0.717, 1.165) is 11.5 Å². The molecule has 0 amide bonds. The van der Waals surface area contributed by atoms with Crippen LogP contribution < -0.4 is 0 Å². The van der Waals surface area contributed by atoms with Crippen molar-refractivity contribution in [2.75, 3.05) is 13.1 Å². The molecule has 4 nitrogen and oxygen atoms in total. The third-order valence-electron chi connectivity index (χ3n) is 2.35. The number of hydrogen-bond acceptors (Lipinski definition) is 3. The van der Waals surface area contributed by atoms with Gasteiger partial charge in [-0.25, -0.2) is 0 Å². The maximum Gasteiger partial charge on any atom is 0.317 e. The lowest BCUT2D eigenvalue weighted by Gasteiger charge is -2.23. The number of furan rings is 1. The molecule has 0 spiro atoms. The Hall–Kier alpha value is -1.73. The Balaban J connectivity index is 2.78. The average Bonchev–Trinajstić information content (AvgIpc) is 2.62. The summed E-state index contributed by atoms with van der Waals surface area (Å²) in [5.74, 6) is 3.09. The number of hydrogen-bond donors (Lipinski definition) is 1. The molecule has 1 N–H and O–H groups in total. The quantitative estimate of drug-likeness (QED) is 0.768. The number of carboxylic acids is 1. The zero-order valence-electron chi connectivity index (χ0n) is 9.43. The number of rotatable bonds is 5. The summed E-state index contributed by atoms with van der Waals surface area (Å²) in [5.41, 5.74) is 0. The maximum absolute atomic E-state index is 10.7. The van der Waals surface area contributed by atoms with Crippen LogP contribution in [0, 0.1) is 19.3 Å². The molecule has 4 heteroatoms. The number of carboxylic acid groups (broad SMARTS) is 1. The molecule has 0 bridgehead atoms. The molecule has 1 aromatic heterocycles. The molecule has 0 aliphatic heterocycles. The summed E-state index contributed by atoms with van der Waals surface area (Å²) in [6.45, 7) is 3.91. The fourth-order valence-corrected chi connectivity index (χ4v) is 1.48. The molecule has 0 saturated heterocycles. The van der Waals surface area contributed by atoms with E-state index in [4.69, 9.17) is 15.9 Å². The minimum absolute atomic E-state index is 0.0921. The Morgan fingerprint density at radius 1 is 1.69 bits per heavy atom. The molecule has 1 atom stereocenters. The highest BCUT2D eigenvalue weighted by molar-refractivity contribution is 5.69. The van der Waals surface area contributed by atoms with Gasteiger partial charge in [-0.05, 0) is 26.0 Å². The van der Waals surface area contributed by atoms with Gasteiger partial charge < -0.3 is 9.52 Å². The zero-order chi connectivity index (χ0) is 12.1. The van der Waals surface area contributed by atoms with Crippen LogP contribution in [-0.4, -0.2) is 29.1 Å². The van der Waals surface area contributed by atoms with Gasteiger partial charge in [-0.2, -0.15) is 0 Å². The van der Waals surface area contributed by atoms with Crippen molar-refractivity contribution >= 4 is 5.97 Å². The van der Waals surface area contributed by atoms with Crippen LogP contribution in [0.5, 0.6) is 0 Å². The predicted molar refractivity (Wildman–Crippen MR) is 59.9 cm³/mol. The predicted octanol–water partition coefficient (Wildman–Crippen LogP) is 1.67. The molecule has 86 valence electrons. The van der Waals surface area contributed by atoms with E-state index in [2.05, 4.69) is 5.92 Å². The van der Waals surface area contributed by atoms with E-state index in [1.807, 2.05) is 26.0 Å². The van der Waals surface area contributed by atoms with Crippen LogP contribution in [0.15, 0.2) is 16.5 Å². The number of aryl methyl sites for hydroxylation is 1. The molecule has 1 rings (SSSR count). The summed E-state index contributed by atoms with van der Waals surface area (Å²) in [7, 11) is 0. The molecule has 0 aliphatic carbocycles. The summed E-state index contributed by atoms with van der Waals surface area (Å²) in [5, 5.41) is 8.77.